The lowest BCUT2D eigenvalue weighted by molar-refractivity contribution is -0.120. The van der Waals surface area contributed by atoms with Crippen molar-refractivity contribution in [3.05, 3.63) is 16.0 Å². The van der Waals surface area contributed by atoms with E-state index in [9.17, 15) is 22.8 Å². The van der Waals surface area contributed by atoms with Gasteiger partial charge in [0, 0.05) is 6.54 Å². The van der Waals surface area contributed by atoms with Crippen LogP contribution in [0.4, 0.5) is 5.00 Å². The molecule has 1 unspecified atom stereocenters. The number of nitrogens with zero attached hydrogens (tertiary/aromatic N) is 1. The van der Waals surface area contributed by atoms with Crippen molar-refractivity contribution >= 4 is 44.2 Å². The molecular formula is C18H26N2O7S2. The summed E-state index contributed by atoms with van der Waals surface area (Å²) in [7, 11) is -3.56. The fourth-order valence-corrected chi connectivity index (χ4v) is 5.42. The van der Waals surface area contributed by atoms with Crippen LogP contribution < -0.4 is 5.32 Å². The minimum atomic E-state index is -3.56. The molecule has 0 aliphatic carbocycles. The Kier molecular flexibility index (Phi) is 7.78. The van der Waals surface area contributed by atoms with Gasteiger partial charge in [-0.15, -0.1) is 11.3 Å². The van der Waals surface area contributed by atoms with Gasteiger partial charge in [0.1, 0.15) is 15.9 Å². The summed E-state index contributed by atoms with van der Waals surface area (Å²) in [6, 6.07) is -0.873. The van der Waals surface area contributed by atoms with E-state index in [1.165, 1.54) is 4.31 Å². The van der Waals surface area contributed by atoms with E-state index in [0.717, 1.165) is 17.6 Å². The van der Waals surface area contributed by atoms with Crippen molar-refractivity contribution in [1.29, 1.82) is 0 Å². The van der Waals surface area contributed by atoms with E-state index >= 15 is 0 Å². The van der Waals surface area contributed by atoms with E-state index in [0.29, 0.717) is 24.8 Å². The number of thiophene rings is 1. The first-order valence-corrected chi connectivity index (χ1v) is 12.0. The van der Waals surface area contributed by atoms with Crippen molar-refractivity contribution in [1.82, 2.24) is 4.31 Å². The van der Waals surface area contributed by atoms with Crippen LogP contribution in [-0.4, -0.2) is 62.6 Å². The molecule has 1 saturated heterocycles. The zero-order valence-corrected chi connectivity index (χ0v) is 18.6. The molecule has 2 heterocycles. The molecule has 0 radical (unpaired) electrons. The molecule has 9 nitrogen and oxygen atoms in total. The van der Waals surface area contributed by atoms with E-state index in [1.54, 1.807) is 20.8 Å². The van der Waals surface area contributed by atoms with Crippen molar-refractivity contribution in [2.24, 2.45) is 0 Å². The number of amides is 1. The molecule has 1 aliphatic heterocycles. The number of piperidine rings is 1. The van der Waals surface area contributed by atoms with Crippen LogP contribution in [0.3, 0.4) is 0 Å². The standard InChI is InChI=1S/C18H26N2O7S2/c1-5-26-17(22)13-11(3)14(18(23)27-6-2)28-16(13)19-15(21)12-9-7-8-10-20(12)29(4,24)25/h12H,5-10H2,1-4H3,(H,19,21). The van der Waals surface area contributed by atoms with Gasteiger partial charge in [0.05, 0.1) is 25.0 Å². The Balaban J connectivity index is 2.39. The minimum Gasteiger partial charge on any atom is -0.462 e. The molecular weight excluding hydrogens is 420 g/mol. The van der Waals surface area contributed by atoms with Crippen molar-refractivity contribution in [2.75, 3.05) is 31.3 Å². The van der Waals surface area contributed by atoms with Gasteiger partial charge < -0.3 is 14.8 Å². The quantitative estimate of drug-likeness (QED) is 0.638. The molecule has 0 saturated carbocycles. The van der Waals surface area contributed by atoms with E-state index in [-0.39, 0.29) is 35.2 Å². The number of carbonyl (C=O) groups is 3. The molecule has 1 aromatic rings. The Morgan fingerprint density at radius 3 is 2.34 bits per heavy atom. The molecule has 0 spiro atoms. The summed E-state index contributed by atoms with van der Waals surface area (Å²) in [5.74, 6) is -1.82. The van der Waals surface area contributed by atoms with Crippen LogP contribution in [0, 0.1) is 6.92 Å². The number of carbonyl (C=O) groups excluding carboxylic acids is 3. The molecule has 0 aromatic carbocycles. The van der Waals surface area contributed by atoms with Crippen molar-refractivity contribution in [3.63, 3.8) is 0 Å². The van der Waals surface area contributed by atoms with Gasteiger partial charge in [0.25, 0.3) is 0 Å². The lowest BCUT2D eigenvalue weighted by Crippen LogP contribution is -2.49. The molecule has 1 aliphatic rings. The van der Waals surface area contributed by atoms with Gasteiger partial charge in [0.15, 0.2) is 0 Å². The van der Waals surface area contributed by atoms with Crippen molar-refractivity contribution < 1.29 is 32.3 Å². The molecule has 1 amide bonds. The van der Waals surface area contributed by atoms with Crippen LogP contribution in [0.1, 0.15) is 58.7 Å². The highest BCUT2D eigenvalue weighted by molar-refractivity contribution is 7.88. The SMILES string of the molecule is CCOC(=O)c1sc(NC(=O)C2CCCCN2S(C)(=O)=O)c(C(=O)OCC)c1C. The summed E-state index contributed by atoms with van der Waals surface area (Å²) in [5.41, 5.74) is 0.431. The highest BCUT2D eigenvalue weighted by Crippen LogP contribution is 2.35. The summed E-state index contributed by atoms with van der Waals surface area (Å²) in [6.45, 7) is 5.45. The smallest absolute Gasteiger partial charge is 0.348 e. The van der Waals surface area contributed by atoms with E-state index in [2.05, 4.69) is 5.32 Å². The van der Waals surface area contributed by atoms with Crippen molar-refractivity contribution in [2.45, 2.75) is 46.1 Å². The molecule has 2 rings (SSSR count). The molecule has 1 aromatic heterocycles. The van der Waals surface area contributed by atoms with Gasteiger partial charge >= 0.3 is 11.9 Å². The maximum atomic E-state index is 12.9. The third kappa shape index (κ3) is 5.34. The normalized spacial score (nSPS) is 17.6. The van der Waals surface area contributed by atoms with E-state index in [1.807, 2.05) is 0 Å². The summed E-state index contributed by atoms with van der Waals surface area (Å²) < 4.78 is 35.3. The average Bonchev–Trinajstić information content (AvgIpc) is 2.97. The number of hydrogen-bond acceptors (Lipinski definition) is 8. The molecule has 1 fully saturated rings. The second-order valence-corrected chi connectivity index (χ2v) is 9.53. The summed E-state index contributed by atoms with van der Waals surface area (Å²) >= 11 is 0.914. The Morgan fingerprint density at radius 1 is 1.14 bits per heavy atom. The molecule has 1 atom stereocenters. The van der Waals surface area contributed by atoms with E-state index < -0.39 is 33.9 Å². The fraction of sp³-hybridized carbons (Fsp3) is 0.611. The zero-order valence-electron chi connectivity index (χ0n) is 16.9. The number of hydrogen-bond donors (Lipinski definition) is 1. The topological polar surface area (TPSA) is 119 Å². The van der Waals surface area contributed by atoms with Gasteiger partial charge in [-0.3, -0.25) is 4.79 Å². The monoisotopic (exact) mass is 446 g/mol. The van der Waals surface area contributed by atoms with Crippen LogP contribution in [0.25, 0.3) is 0 Å². The number of esters is 2. The van der Waals surface area contributed by atoms with Gasteiger partial charge in [-0.2, -0.15) is 4.31 Å². The number of nitrogens with one attached hydrogen (secondary N) is 1. The second kappa shape index (κ2) is 9.68. The molecule has 1 N–H and O–H groups in total. The molecule has 162 valence electrons. The van der Waals surface area contributed by atoms with Crippen LogP contribution in [-0.2, 0) is 24.3 Å². The highest BCUT2D eigenvalue weighted by atomic mass is 32.2. The van der Waals surface area contributed by atoms with Gasteiger partial charge in [-0.05, 0) is 39.2 Å². The molecule has 0 bridgehead atoms. The number of sulfonamides is 1. The fourth-order valence-electron chi connectivity index (χ4n) is 3.20. The third-order valence-corrected chi connectivity index (χ3v) is 6.98. The average molecular weight is 447 g/mol. The first-order valence-electron chi connectivity index (χ1n) is 9.37. The van der Waals surface area contributed by atoms with Crippen LogP contribution in [0.2, 0.25) is 0 Å². The van der Waals surface area contributed by atoms with Crippen LogP contribution in [0.15, 0.2) is 0 Å². The van der Waals surface area contributed by atoms with E-state index in [4.69, 9.17) is 9.47 Å². The first kappa shape index (κ1) is 23.3. The highest BCUT2D eigenvalue weighted by Gasteiger charge is 2.36. The van der Waals surface area contributed by atoms with Gasteiger partial charge in [-0.25, -0.2) is 18.0 Å². The largest absolute Gasteiger partial charge is 0.462 e. The van der Waals surface area contributed by atoms with Crippen LogP contribution >= 0.6 is 11.3 Å². The van der Waals surface area contributed by atoms with Gasteiger partial charge in [-0.1, -0.05) is 6.42 Å². The first-order chi connectivity index (χ1) is 13.6. The number of ether oxygens (including phenoxy) is 2. The summed E-state index contributed by atoms with van der Waals surface area (Å²) in [6.07, 6.45) is 2.84. The third-order valence-electron chi connectivity index (χ3n) is 4.51. The molecule has 11 heteroatoms. The zero-order chi connectivity index (χ0) is 21.8. The molecule has 29 heavy (non-hydrogen) atoms. The lowest BCUT2D eigenvalue weighted by Gasteiger charge is -2.32. The second-order valence-electron chi connectivity index (χ2n) is 6.58. The lowest BCUT2D eigenvalue weighted by atomic mass is 10.0. The Morgan fingerprint density at radius 2 is 1.76 bits per heavy atom. The maximum Gasteiger partial charge on any atom is 0.348 e. The maximum absolute atomic E-state index is 12.9. The number of rotatable bonds is 7. The predicted octanol–water partition coefficient (Wildman–Crippen LogP) is 2.16. The van der Waals surface area contributed by atoms with Crippen LogP contribution in [0.5, 0.6) is 0 Å². The number of anilines is 1. The Hall–Kier alpha value is -1.98. The minimum absolute atomic E-state index is 0.0787. The predicted molar refractivity (Wildman–Crippen MR) is 109 cm³/mol. The Bertz CT molecular complexity index is 892. The van der Waals surface area contributed by atoms with Gasteiger partial charge in [0.2, 0.25) is 15.9 Å². The van der Waals surface area contributed by atoms with Crippen molar-refractivity contribution in [3.8, 4) is 0 Å². The summed E-state index contributed by atoms with van der Waals surface area (Å²) in [4.78, 5) is 37.7. The Labute approximate surface area is 174 Å². The summed E-state index contributed by atoms with van der Waals surface area (Å²) in [5, 5.41) is 2.79.